The molecule has 1 N–H and O–H groups in total. The highest BCUT2D eigenvalue weighted by Crippen LogP contribution is 2.21. The summed E-state index contributed by atoms with van der Waals surface area (Å²) in [6.45, 7) is 2.46. The molecule has 0 fully saturated rings. The van der Waals surface area contributed by atoms with Crippen molar-refractivity contribution in [1.29, 1.82) is 0 Å². The molecule has 1 aromatic heterocycles. The van der Waals surface area contributed by atoms with Crippen LogP contribution in [0.15, 0.2) is 56.6 Å². The molecule has 0 aliphatic carbocycles. The lowest BCUT2D eigenvalue weighted by atomic mass is 10.3. The summed E-state index contributed by atoms with van der Waals surface area (Å²) in [5.41, 5.74) is 1.16. The average Bonchev–Trinajstić information content (AvgIpc) is 2.83. The average molecular weight is 350 g/mol. The normalized spacial score (nSPS) is 11.8. The predicted molar refractivity (Wildman–Crippen MR) is 88.0 cm³/mol. The lowest BCUT2D eigenvalue weighted by molar-refractivity contribution is 0.502. The lowest BCUT2D eigenvalue weighted by Crippen LogP contribution is -2.13. The summed E-state index contributed by atoms with van der Waals surface area (Å²) in [4.78, 5) is 11.7. The second-order valence-corrected chi connectivity index (χ2v) is 6.94. The van der Waals surface area contributed by atoms with Crippen LogP contribution >= 0.6 is 0 Å². The first-order valence-electron chi connectivity index (χ1n) is 7.32. The fourth-order valence-corrected chi connectivity index (χ4v) is 3.44. The first kappa shape index (κ1) is 16.3. The van der Waals surface area contributed by atoms with Crippen LogP contribution in [0.4, 0.5) is 10.1 Å². The monoisotopic (exact) mass is 350 g/mol. The van der Waals surface area contributed by atoms with Crippen molar-refractivity contribution in [3.05, 3.63) is 58.8 Å². The third-order valence-electron chi connectivity index (χ3n) is 3.49. The minimum absolute atomic E-state index is 0.0611. The number of halogens is 1. The Labute approximate surface area is 137 Å². The number of benzene rings is 2. The largest absolute Gasteiger partial charge is 0.419 e. The van der Waals surface area contributed by atoms with E-state index in [1.54, 1.807) is 12.1 Å². The number of hydrogen-bond acceptors (Lipinski definition) is 4. The number of oxazole rings is 1. The summed E-state index contributed by atoms with van der Waals surface area (Å²) in [6.07, 6.45) is 0.771. The molecule has 0 unspecified atom stereocenters. The van der Waals surface area contributed by atoms with Gasteiger partial charge in [0.05, 0.1) is 16.1 Å². The molecule has 3 aromatic rings. The number of anilines is 1. The summed E-state index contributed by atoms with van der Waals surface area (Å²) in [6, 6.07) is 9.11. The van der Waals surface area contributed by atoms with Gasteiger partial charge in [0.1, 0.15) is 5.82 Å². The number of nitrogens with zero attached hydrogens (tertiary/aromatic N) is 1. The van der Waals surface area contributed by atoms with Crippen LogP contribution < -0.4 is 10.5 Å². The van der Waals surface area contributed by atoms with E-state index in [-0.39, 0.29) is 10.6 Å². The quantitative estimate of drug-likeness (QED) is 0.767. The zero-order valence-electron chi connectivity index (χ0n) is 12.8. The van der Waals surface area contributed by atoms with Gasteiger partial charge in [0.25, 0.3) is 10.0 Å². The molecule has 1 heterocycles. The number of aryl methyl sites for hydroxylation is 1. The van der Waals surface area contributed by atoms with Gasteiger partial charge >= 0.3 is 5.76 Å². The number of nitrogens with one attached hydrogen (secondary N) is 1. The molecule has 0 spiro atoms. The standard InChI is InChI=1S/C16H15FN2O4S/c1-2-9-19-14-8-5-12(10-15(14)23-16(19)20)18-24(21,22)13-6-3-11(17)4-7-13/h3-8,10,18H,2,9H2,1H3. The van der Waals surface area contributed by atoms with E-state index in [1.807, 2.05) is 6.92 Å². The molecule has 8 heteroatoms. The second kappa shape index (κ2) is 6.12. The van der Waals surface area contributed by atoms with Gasteiger partial charge in [-0.15, -0.1) is 0 Å². The summed E-state index contributed by atoms with van der Waals surface area (Å²) in [5, 5.41) is 0. The highest BCUT2D eigenvalue weighted by Gasteiger charge is 2.16. The number of sulfonamides is 1. The topological polar surface area (TPSA) is 81.3 Å². The van der Waals surface area contributed by atoms with Crippen LogP contribution in [0, 0.1) is 5.82 Å². The zero-order valence-corrected chi connectivity index (χ0v) is 13.6. The van der Waals surface area contributed by atoms with Gasteiger partial charge in [-0.3, -0.25) is 9.29 Å². The van der Waals surface area contributed by atoms with Crippen molar-refractivity contribution in [1.82, 2.24) is 4.57 Å². The Bertz CT molecular complexity index is 1040. The van der Waals surface area contributed by atoms with Crippen LogP contribution in [-0.4, -0.2) is 13.0 Å². The van der Waals surface area contributed by atoms with E-state index in [4.69, 9.17) is 4.42 Å². The maximum Gasteiger partial charge on any atom is 0.419 e. The molecule has 0 aliphatic heterocycles. The fraction of sp³-hybridized carbons (Fsp3) is 0.188. The summed E-state index contributed by atoms with van der Waals surface area (Å²) >= 11 is 0. The van der Waals surface area contributed by atoms with E-state index in [9.17, 15) is 17.6 Å². The first-order valence-corrected chi connectivity index (χ1v) is 8.81. The van der Waals surface area contributed by atoms with Crippen molar-refractivity contribution >= 4 is 26.8 Å². The van der Waals surface area contributed by atoms with Crippen molar-refractivity contribution in [3.8, 4) is 0 Å². The van der Waals surface area contributed by atoms with Crippen LogP contribution in [0.25, 0.3) is 11.1 Å². The highest BCUT2D eigenvalue weighted by atomic mass is 32.2. The van der Waals surface area contributed by atoms with E-state index in [2.05, 4.69) is 4.72 Å². The molecule has 2 aromatic carbocycles. The Balaban J connectivity index is 1.95. The van der Waals surface area contributed by atoms with E-state index < -0.39 is 21.6 Å². The predicted octanol–water partition coefficient (Wildman–Crippen LogP) is 2.94. The maximum atomic E-state index is 12.9. The van der Waals surface area contributed by atoms with Gasteiger partial charge in [0, 0.05) is 12.6 Å². The lowest BCUT2D eigenvalue weighted by Gasteiger charge is -2.08. The number of aromatic nitrogens is 1. The van der Waals surface area contributed by atoms with Gasteiger partial charge in [-0.1, -0.05) is 6.92 Å². The molecule has 24 heavy (non-hydrogen) atoms. The SMILES string of the molecule is CCCn1c(=O)oc2cc(NS(=O)(=O)c3ccc(F)cc3)ccc21. The van der Waals surface area contributed by atoms with Crippen LogP contribution in [0.3, 0.4) is 0 Å². The van der Waals surface area contributed by atoms with Crippen molar-refractivity contribution in [3.63, 3.8) is 0 Å². The van der Waals surface area contributed by atoms with E-state index in [0.29, 0.717) is 17.6 Å². The van der Waals surface area contributed by atoms with Crippen LogP contribution in [0.1, 0.15) is 13.3 Å². The third-order valence-corrected chi connectivity index (χ3v) is 4.89. The highest BCUT2D eigenvalue weighted by molar-refractivity contribution is 7.92. The molecule has 0 saturated carbocycles. The summed E-state index contributed by atoms with van der Waals surface area (Å²) in [5.74, 6) is -1.00. The Hall–Kier alpha value is -2.61. The maximum absolute atomic E-state index is 12.9. The summed E-state index contributed by atoms with van der Waals surface area (Å²) in [7, 11) is -3.86. The van der Waals surface area contributed by atoms with E-state index in [0.717, 1.165) is 18.6 Å². The Morgan fingerprint density at radius 3 is 2.54 bits per heavy atom. The fourth-order valence-electron chi connectivity index (χ4n) is 2.39. The van der Waals surface area contributed by atoms with Crippen molar-refractivity contribution in [2.45, 2.75) is 24.8 Å². The third kappa shape index (κ3) is 3.05. The molecular formula is C16H15FN2O4S. The number of hydrogen-bond donors (Lipinski definition) is 1. The molecule has 0 atom stereocenters. The Morgan fingerprint density at radius 2 is 1.88 bits per heavy atom. The van der Waals surface area contributed by atoms with Gasteiger partial charge < -0.3 is 4.42 Å². The second-order valence-electron chi connectivity index (χ2n) is 5.26. The number of rotatable bonds is 5. The van der Waals surface area contributed by atoms with Gasteiger partial charge in [-0.05, 0) is 42.8 Å². The molecule has 0 aliphatic rings. The molecule has 0 saturated heterocycles. The molecule has 3 rings (SSSR count). The van der Waals surface area contributed by atoms with Gasteiger partial charge in [-0.25, -0.2) is 17.6 Å². The minimum Gasteiger partial charge on any atom is -0.408 e. The minimum atomic E-state index is -3.86. The van der Waals surface area contributed by atoms with Gasteiger partial charge in [0.2, 0.25) is 0 Å². The van der Waals surface area contributed by atoms with Crippen LogP contribution in [0.2, 0.25) is 0 Å². The molecular weight excluding hydrogens is 335 g/mol. The van der Waals surface area contributed by atoms with E-state index >= 15 is 0 Å². The molecule has 0 bridgehead atoms. The van der Waals surface area contributed by atoms with Crippen LogP contribution in [-0.2, 0) is 16.6 Å². The molecule has 0 amide bonds. The van der Waals surface area contributed by atoms with Gasteiger partial charge in [-0.2, -0.15) is 0 Å². The Kier molecular flexibility index (Phi) is 4.15. The number of fused-ring (bicyclic) bond motifs is 1. The van der Waals surface area contributed by atoms with Crippen molar-refractivity contribution in [2.75, 3.05) is 4.72 Å². The van der Waals surface area contributed by atoms with Crippen molar-refractivity contribution in [2.24, 2.45) is 0 Å². The van der Waals surface area contributed by atoms with Gasteiger partial charge in [0.15, 0.2) is 5.58 Å². The molecule has 126 valence electrons. The molecule has 6 nitrogen and oxygen atoms in total. The summed E-state index contributed by atoms with van der Waals surface area (Å²) < 4.78 is 46.5. The smallest absolute Gasteiger partial charge is 0.408 e. The zero-order chi connectivity index (χ0) is 17.3. The first-order chi connectivity index (χ1) is 11.4. The van der Waals surface area contributed by atoms with Crippen LogP contribution in [0.5, 0.6) is 0 Å². The van der Waals surface area contributed by atoms with E-state index in [1.165, 1.54) is 22.8 Å². The molecule has 0 radical (unpaired) electrons. The Morgan fingerprint density at radius 1 is 1.17 bits per heavy atom. The van der Waals surface area contributed by atoms with Crippen molar-refractivity contribution < 1.29 is 17.2 Å².